The maximum Gasteiger partial charge on any atom is 0.322 e. The van der Waals surface area contributed by atoms with E-state index in [0.717, 1.165) is 6.92 Å². The summed E-state index contributed by atoms with van der Waals surface area (Å²) in [5, 5.41) is 96.0. The zero-order chi connectivity index (χ0) is 97.4. The molecule has 3 rings (SSSR count). The molecular formula is C82H130N24O22S2. The van der Waals surface area contributed by atoms with Crippen molar-refractivity contribution < 1.29 is 107 Å². The molecule has 2 aromatic carbocycles. The van der Waals surface area contributed by atoms with Gasteiger partial charge in [-0.3, -0.25) is 97.1 Å². The highest BCUT2D eigenvalue weighted by Gasteiger charge is 2.40. The number of aliphatic hydroxyl groups excluding tert-OH is 1. The van der Waals surface area contributed by atoms with Gasteiger partial charge in [-0.25, -0.2) is 0 Å². The van der Waals surface area contributed by atoms with Crippen LogP contribution in [0.15, 0.2) is 60.8 Å². The third kappa shape index (κ3) is 42.7. The Morgan fingerprint density at radius 2 is 0.815 bits per heavy atom. The van der Waals surface area contributed by atoms with Crippen LogP contribution in [0.25, 0.3) is 10.9 Å². The van der Waals surface area contributed by atoms with Crippen molar-refractivity contribution in [1.82, 2.24) is 90.1 Å². The molecule has 1 heterocycles. The van der Waals surface area contributed by atoms with Crippen molar-refractivity contribution in [3.05, 3.63) is 71.9 Å². The number of rotatable bonds is 63. The molecule has 722 valence electrons. The normalized spacial score (nSPS) is 14.6. The van der Waals surface area contributed by atoms with E-state index in [2.05, 4.69) is 84.7 Å². The quantitative estimate of drug-likeness (QED) is 0.0143. The molecule has 3 aromatic rings. The molecule has 15 atom stereocenters. The van der Waals surface area contributed by atoms with E-state index < -0.39 is 241 Å². The van der Waals surface area contributed by atoms with Gasteiger partial charge in [0, 0.05) is 49.5 Å². The smallest absolute Gasteiger partial charge is 0.322 e. The number of hydrogen-bond acceptors (Lipinski definition) is 25. The summed E-state index contributed by atoms with van der Waals surface area (Å²) in [4.78, 5) is 251. The second-order valence-corrected chi connectivity index (χ2v) is 33.8. The fourth-order valence-corrected chi connectivity index (χ4v) is 14.1. The second-order valence-electron chi connectivity index (χ2n) is 31.9. The molecule has 1 aromatic heterocycles. The van der Waals surface area contributed by atoms with E-state index >= 15 is 0 Å². The summed E-state index contributed by atoms with van der Waals surface area (Å²) in [6.07, 6.45) is -0.800. The van der Waals surface area contributed by atoms with Gasteiger partial charge in [-0.2, -0.15) is 23.5 Å². The summed E-state index contributed by atoms with van der Waals surface area (Å²) in [7, 11) is 0. The third-order valence-electron chi connectivity index (χ3n) is 19.9. The van der Waals surface area contributed by atoms with Crippen molar-refractivity contribution >= 4 is 153 Å². The number of amides is 15. The Labute approximate surface area is 760 Å². The average molecular weight is 1870 g/mol. The van der Waals surface area contributed by atoms with E-state index in [1.807, 2.05) is 19.2 Å². The number of aromatic amines is 1. The SMILES string of the molecule is CSCC[C@H](NC(=O)[C@H](C)NC(=O)[C@H](CCC(=O)O)NC(=O)[C@H](Cc1ccccc1)NC(=O)[C@@H](NC(=O)[C@H](CCCNC(=N)N)NC(=O)[C@H](CC(C)C)NC(=O)[C@@H](N)CC(C)C)[C@@H](C)O)C(=O)N[C@@H](CCCCN)C(=O)N[C@@H](CCSC)C(=O)N[C@@H](CC(=O)O)C(=O)N[C@@H](Cc1c[nH]c2ccccc12)C(=O)N[C@@H](CCCNC(=N)N)C(=O)N[C@@H](CC(N)=O)C(=O)NCC(=O)O. The lowest BCUT2D eigenvalue weighted by Gasteiger charge is -2.29. The number of carboxylic acids is 3. The predicted molar refractivity (Wildman–Crippen MR) is 482 cm³/mol. The molecule has 0 bridgehead atoms. The number of carboxylic acid groups (broad SMARTS) is 3. The third-order valence-corrected chi connectivity index (χ3v) is 21.2. The maximum atomic E-state index is 14.8. The van der Waals surface area contributed by atoms with Crippen LogP contribution in [0.5, 0.6) is 0 Å². The van der Waals surface area contributed by atoms with E-state index in [0.29, 0.717) is 34.9 Å². The molecule has 48 heteroatoms. The predicted octanol–water partition coefficient (Wildman–Crippen LogP) is -5.35. The Morgan fingerprint density at radius 3 is 1.28 bits per heavy atom. The highest BCUT2D eigenvalue weighted by molar-refractivity contribution is 7.98. The number of guanidine groups is 2. The lowest BCUT2D eigenvalue weighted by molar-refractivity contribution is -0.142. The molecule has 0 aliphatic rings. The van der Waals surface area contributed by atoms with Gasteiger partial charge in [0.05, 0.1) is 25.0 Å². The molecule has 15 amide bonds. The number of unbranched alkanes of at least 4 members (excludes halogenated alkanes) is 1. The number of carbonyl (C=O) groups is 18. The van der Waals surface area contributed by atoms with Crippen molar-refractivity contribution in [2.75, 3.05) is 50.2 Å². The number of nitrogens with two attached hydrogens (primary N) is 5. The van der Waals surface area contributed by atoms with Gasteiger partial charge in [0.25, 0.3) is 0 Å². The van der Waals surface area contributed by atoms with Gasteiger partial charge in [-0.1, -0.05) is 76.2 Å². The van der Waals surface area contributed by atoms with Crippen LogP contribution in [-0.4, -0.2) is 285 Å². The first-order chi connectivity index (χ1) is 61.4. The molecule has 0 radical (unpaired) electrons. The number of carbonyl (C=O) groups excluding carboxylic acids is 15. The van der Waals surface area contributed by atoms with Crippen LogP contribution in [0.3, 0.4) is 0 Å². The number of aliphatic hydroxyl groups is 1. The van der Waals surface area contributed by atoms with Crippen LogP contribution in [0, 0.1) is 22.7 Å². The summed E-state index contributed by atoms with van der Waals surface area (Å²) in [5.41, 5.74) is 29.7. The van der Waals surface area contributed by atoms with Gasteiger partial charge >= 0.3 is 17.9 Å². The van der Waals surface area contributed by atoms with Crippen LogP contribution < -0.4 is 114 Å². The minimum atomic E-state index is -2.03. The molecule has 0 saturated carbocycles. The lowest BCUT2D eigenvalue weighted by Crippen LogP contribution is -2.62. The van der Waals surface area contributed by atoms with E-state index in [-0.39, 0.29) is 114 Å². The minimum absolute atomic E-state index is 0.0150. The number of thioether (sulfide) groups is 2. The van der Waals surface area contributed by atoms with Gasteiger partial charge in [-0.15, -0.1) is 0 Å². The van der Waals surface area contributed by atoms with Crippen LogP contribution in [0.2, 0.25) is 0 Å². The highest BCUT2D eigenvalue weighted by atomic mass is 32.2. The number of fused-ring (bicyclic) bond motifs is 1. The van der Waals surface area contributed by atoms with Crippen LogP contribution in [0.4, 0.5) is 0 Å². The minimum Gasteiger partial charge on any atom is -0.481 e. The van der Waals surface area contributed by atoms with Crippen molar-refractivity contribution in [3.8, 4) is 0 Å². The fraction of sp³-hybridized carbons (Fsp3) is 0.585. The summed E-state index contributed by atoms with van der Waals surface area (Å²) in [6, 6.07) is -7.50. The Bertz CT molecular complexity index is 4340. The van der Waals surface area contributed by atoms with Crippen molar-refractivity contribution in [2.45, 2.75) is 241 Å². The van der Waals surface area contributed by atoms with E-state index in [1.165, 1.54) is 36.6 Å². The molecule has 130 heavy (non-hydrogen) atoms. The number of aromatic nitrogens is 1. The Hall–Kier alpha value is -12.4. The van der Waals surface area contributed by atoms with Crippen LogP contribution in [0.1, 0.15) is 149 Å². The lowest BCUT2D eigenvalue weighted by atomic mass is 10.00. The van der Waals surface area contributed by atoms with Gasteiger partial charge in [0.15, 0.2) is 11.9 Å². The number of para-hydroxylation sites is 1. The number of nitrogens with one attached hydrogen (secondary N) is 19. The molecule has 0 fully saturated rings. The molecular weight excluding hydrogens is 1740 g/mol. The summed E-state index contributed by atoms with van der Waals surface area (Å²) in [5.74, 6) is -20.8. The fourth-order valence-electron chi connectivity index (χ4n) is 13.1. The van der Waals surface area contributed by atoms with Crippen molar-refractivity contribution in [3.63, 3.8) is 0 Å². The zero-order valence-electron chi connectivity index (χ0n) is 74.2. The molecule has 0 unspecified atom stereocenters. The monoisotopic (exact) mass is 1870 g/mol. The molecule has 0 spiro atoms. The summed E-state index contributed by atoms with van der Waals surface area (Å²) < 4.78 is 0. The Morgan fingerprint density at radius 1 is 0.408 bits per heavy atom. The first kappa shape index (κ1) is 112. The maximum absolute atomic E-state index is 14.8. The number of H-pyrrole nitrogens is 1. The second kappa shape index (κ2) is 58.9. The van der Waals surface area contributed by atoms with Gasteiger partial charge in [0.1, 0.15) is 85.1 Å². The Kier molecular flexibility index (Phi) is 50.6. The topological polar surface area (TPSA) is 774 Å². The number of primary amides is 1. The molecule has 33 N–H and O–H groups in total. The first-order valence-corrected chi connectivity index (χ1v) is 45.2. The Balaban J connectivity index is 1.99. The summed E-state index contributed by atoms with van der Waals surface area (Å²) >= 11 is 2.47. The van der Waals surface area contributed by atoms with Crippen LogP contribution in [-0.2, 0) is 99.1 Å². The molecule has 0 aliphatic carbocycles. The van der Waals surface area contributed by atoms with E-state index in [1.54, 1.807) is 81.0 Å². The molecule has 46 nitrogen and oxygen atoms in total. The van der Waals surface area contributed by atoms with Crippen molar-refractivity contribution in [1.29, 1.82) is 10.8 Å². The van der Waals surface area contributed by atoms with Crippen LogP contribution >= 0.6 is 23.5 Å². The molecule has 0 aliphatic heterocycles. The summed E-state index contributed by atoms with van der Waals surface area (Å²) in [6.45, 7) is 8.86. The molecule has 0 saturated heterocycles. The number of benzene rings is 2. The number of aliphatic carboxylic acids is 3. The zero-order valence-corrected chi connectivity index (χ0v) is 75.8. The first-order valence-electron chi connectivity index (χ1n) is 42.4. The average Bonchev–Trinajstić information content (AvgIpc) is 1.66. The van der Waals surface area contributed by atoms with E-state index in [9.17, 15) is 107 Å². The van der Waals surface area contributed by atoms with Gasteiger partial charge in [0.2, 0.25) is 88.6 Å². The van der Waals surface area contributed by atoms with Gasteiger partial charge in [-0.05, 0) is 150 Å². The number of hydrogen-bond donors (Lipinski definition) is 28. The van der Waals surface area contributed by atoms with Gasteiger partial charge < -0.3 is 139 Å². The van der Waals surface area contributed by atoms with E-state index in [4.69, 9.17) is 39.5 Å². The standard InChI is InChI=1S/C82H130N24O22S2/c1-42(2)34-49(84)68(116)101-57(35-43(3)4)76(124)98-53(24-17-31-91-82(88)89)75(123)106-66(45(6)107)80(128)105-58(36-46-18-10-9-11-19-46)77(125)99-54(25-26-63(109)110)70(118)94-44(5)67(115)95-55(27-32-129-7)73(121)96-51(22-14-15-29-83)71(119)100-56(28-33-130-8)74(122)104-61(39-64(111)112)79(127)102-59(37-47-40-92-50-21-13-12-20-48(47)50)78(126)97-52(23-16-30-90-81(86)87)72(120)103-60(38-62(85)108)69(117)93-41-65(113)114/h9-13,18-21,40,42-45,49,51-61,66,92,107H,14-17,22-39,41,83-84H2,1-8H3,(H2,85,108)(H,93,117)(H,94,118)(H,95,115)(H,96,121)(H,97,126)(H,98,124)(H,99,125)(H,100,119)(H,101,116)(H,102,127)(H,103,120)(H,104,122)(H,105,128)(H,106,123)(H,109,110)(H,111,112)(H,113,114)(H4,86,87,90)(H4,88,89,91)/t44-,45+,49-,51-,52-,53-,54-,55-,56-,57-,58-,59-,60-,61-,66-/m0/s1. The van der Waals surface area contributed by atoms with Crippen molar-refractivity contribution in [2.24, 2.45) is 40.5 Å². The largest absolute Gasteiger partial charge is 0.481 e. The highest BCUT2D eigenvalue weighted by Crippen LogP contribution is 2.21.